The third-order valence-electron chi connectivity index (χ3n) is 12.0. The van der Waals surface area contributed by atoms with Crippen LogP contribution in [0.3, 0.4) is 0 Å². The third-order valence-corrected chi connectivity index (χ3v) is 12.0. The number of para-hydroxylation sites is 4. The molecule has 0 atom stereocenters. The number of hydrogen-bond acceptors (Lipinski definition) is 4. The molecule has 0 aliphatic rings. The molecule has 3 aromatic heterocycles. The number of hydrogen-bond donors (Lipinski definition) is 0. The first-order chi connectivity index (χ1) is 31.2. The highest BCUT2D eigenvalue weighted by molar-refractivity contribution is 6.09. The Morgan fingerprint density at radius 1 is 0.254 bits per heavy atom. The Labute approximate surface area is 364 Å². The average molecular weight is 804 g/mol. The van der Waals surface area contributed by atoms with Crippen LogP contribution in [0.15, 0.2) is 224 Å². The Bertz CT molecular complexity index is 3460. The van der Waals surface area contributed by atoms with Crippen molar-refractivity contribution in [3.05, 3.63) is 224 Å². The molecular weight excluding hydrogens is 767 g/mol. The summed E-state index contributed by atoms with van der Waals surface area (Å²) in [6.07, 6.45) is 0. The van der Waals surface area contributed by atoms with E-state index in [1.54, 1.807) is 0 Å². The van der Waals surface area contributed by atoms with Gasteiger partial charge in [0, 0.05) is 49.5 Å². The number of benzene rings is 9. The van der Waals surface area contributed by atoms with Gasteiger partial charge in [0.25, 0.3) is 0 Å². The molecule has 12 aromatic rings. The average Bonchev–Trinajstić information content (AvgIpc) is 3.70. The van der Waals surface area contributed by atoms with Crippen molar-refractivity contribution < 1.29 is 0 Å². The highest BCUT2D eigenvalue weighted by Gasteiger charge is 2.18. The van der Waals surface area contributed by atoms with Crippen molar-refractivity contribution in [1.29, 1.82) is 0 Å². The Morgan fingerprint density at radius 3 is 1.10 bits per heavy atom. The predicted molar refractivity (Wildman–Crippen MR) is 260 cm³/mol. The lowest BCUT2D eigenvalue weighted by Crippen LogP contribution is -1.98. The van der Waals surface area contributed by atoms with Gasteiger partial charge in [-0.05, 0) is 76.9 Å². The van der Waals surface area contributed by atoms with Gasteiger partial charge in [0.1, 0.15) is 0 Å². The quantitative estimate of drug-likeness (QED) is 0.161. The maximum absolute atomic E-state index is 5.31. The van der Waals surface area contributed by atoms with Crippen LogP contribution in [0, 0.1) is 0 Å². The van der Waals surface area contributed by atoms with Crippen LogP contribution < -0.4 is 0 Å². The molecule has 5 nitrogen and oxygen atoms in total. The van der Waals surface area contributed by atoms with E-state index in [0.717, 1.165) is 83.4 Å². The smallest absolute Gasteiger partial charge is 0.160 e. The summed E-state index contributed by atoms with van der Waals surface area (Å²) >= 11 is 0. The van der Waals surface area contributed by atoms with E-state index < -0.39 is 0 Å². The minimum absolute atomic E-state index is 0.684. The number of fused-ring (bicyclic) bond motifs is 5. The monoisotopic (exact) mass is 803 g/mol. The van der Waals surface area contributed by atoms with E-state index in [1.165, 1.54) is 21.8 Å². The first-order valence-electron chi connectivity index (χ1n) is 21.2. The maximum Gasteiger partial charge on any atom is 0.160 e. The lowest BCUT2D eigenvalue weighted by atomic mass is 9.93. The van der Waals surface area contributed by atoms with Crippen molar-refractivity contribution in [2.45, 2.75) is 0 Å². The molecule has 0 amide bonds. The van der Waals surface area contributed by atoms with Crippen LogP contribution in [0.1, 0.15) is 0 Å². The topological polar surface area (TPSA) is 56.5 Å². The summed E-state index contributed by atoms with van der Waals surface area (Å²) in [7, 11) is 0. The number of nitrogens with zero attached hydrogens (tertiary/aromatic N) is 5. The maximum atomic E-state index is 5.31. The van der Waals surface area contributed by atoms with Gasteiger partial charge in [-0.15, -0.1) is 0 Å². The molecule has 3 heterocycles. The van der Waals surface area contributed by atoms with E-state index in [4.69, 9.17) is 19.9 Å². The highest BCUT2D eigenvalue weighted by Crippen LogP contribution is 2.39. The molecule has 0 spiro atoms. The van der Waals surface area contributed by atoms with Gasteiger partial charge in [-0.1, -0.05) is 170 Å². The van der Waals surface area contributed by atoms with E-state index in [0.29, 0.717) is 11.6 Å². The second-order valence-corrected chi connectivity index (χ2v) is 15.9. The normalized spacial score (nSPS) is 11.5. The Hall–Kier alpha value is -8.54. The van der Waals surface area contributed by atoms with E-state index >= 15 is 0 Å². The van der Waals surface area contributed by atoms with Crippen LogP contribution >= 0.6 is 0 Å². The molecule has 9 aromatic carbocycles. The summed E-state index contributed by atoms with van der Waals surface area (Å²) in [5, 5.41) is 4.48. The van der Waals surface area contributed by atoms with Gasteiger partial charge in [-0.25, -0.2) is 19.9 Å². The van der Waals surface area contributed by atoms with E-state index in [2.05, 4.69) is 180 Å². The molecule has 0 bridgehead atoms. The molecule has 5 heteroatoms. The van der Waals surface area contributed by atoms with E-state index in [1.807, 2.05) is 48.5 Å². The molecule has 294 valence electrons. The standard InChI is InChI=1S/C58H37N5/c1-3-15-41(16-4-1)57-59-51-23-11-7-21-49(51)55(61-57)44-35-43(36-45(37-44)56-50-22-8-12-24-52(50)60-58(62-56)42-17-5-2-6-18-42)40-29-27-38(28-30-40)39-31-33-46(34-32-39)63-53-25-13-9-19-47(53)48-20-10-14-26-54(48)63/h1-37H. The van der Waals surface area contributed by atoms with E-state index in [-0.39, 0.29) is 0 Å². The number of aromatic nitrogens is 5. The first-order valence-corrected chi connectivity index (χ1v) is 21.2. The summed E-state index contributed by atoms with van der Waals surface area (Å²) in [6, 6.07) is 78.7. The largest absolute Gasteiger partial charge is 0.309 e. The summed E-state index contributed by atoms with van der Waals surface area (Å²) < 4.78 is 2.36. The molecule has 0 aliphatic carbocycles. The van der Waals surface area contributed by atoms with Gasteiger partial charge >= 0.3 is 0 Å². The Balaban J connectivity index is 0.999. The highest BCUT2D eigenvalue weighted by atomic mass is 15.0. The van der Waals surface area contributed by atoms with Crippen LogP contribution in [0.25, 0.3) is 117 Å². The fourth-order valence-corrected chi connectivity index (χ4v) is 8.95. The van der Waals surface area contributed by atoms with Crippen molar-refractivity contribution >= 4 is 43.6 Å². The van der Waals surface area contributed by atoms with Crippen LogP contribution in [-0.4, -0.2) is 24.5 Å². The van der Waals surface area contributed by atoms with E-state index in [9.17, 15) is 0 Å². The van der Waals surface area contributed by atoms with Crippen molar-refractivity contribution in [3.63, 3.8) is 0 Å². The van der Waals surface area contributed by atoms with Crippen molar-refractivity contribution in [2.24, 2.45) is 0 Å². The molecule has 0 saturated carbocycles. The zero-order valence-corrected chi connectivity index (χ0v) is 34.1. The van der Waals surface area contributed by atoms with Crippen LogP contribution in [0.4, 0.5) is 0 Å². The van der Waals surface area contributed by atoms with Crippen LogP contribution in [0.2, 0.25) is 0 Å². The fraction of sp³-hybridized carbons (Fsp3) is 0. The van der Waals surface area contributed by atoms with Gasteiger partial charge < -0.3 is 4.57 Å². The minimum atomic E-state index is 0.684. The summed E-state index contributed by atoms with van der Waals surface area (Å²) in [5.74, 6) is 1.37. The zero-order chi connectivity index (χ0) is 41.7. The lowest BCUT2D eigenvalue weighted by Gasteiger charge is -2.15. The minimum Gasteiger partial charge on any atom is -0.309 e. The molecular formula is C58H37N5. The van der Waals surface area contributed by atoms with Crippen molar-refractivity contribution in [3.8, 4) is 73.2 Å². The fourth-order valence-electron chi connectivity index (χ4n) is 8.95. The predicted octanol–water partition coefficient (Wildman–Crippen LogP) is 14.7. The Kier molecular flexibility index (Phi) is 8.75. The van der Waals surface area contributed by atoms with Gasteiger partial charge in [-0.3, -0.25) is 0 Å². The molecule has 0 aliphatic heterocycles. The van der Waals surface area contributed by atoms with Crippen molar-refractivity contribution in [1.82, 2.24) is 24.5 Å². The van der Waals surface area contributed by atoms with Gasteiger partial charge in [0.2, 0.25) is 0 Å². The number of rotatable bonds is 7. The second-order valence-electron chi connectivity index (χ2n) is 15.9. The lowest BCUT2D eigenvalue weighted by molar-refractivity contribution is 1.18. The summed E-state index contributed by atoms with van der Waals surface area (Å²) in [5.41, 5.74) is 15.4. The van der Waals surface area contributed by atoms with Gasteiger partial charge in [0.15, 0.2) is 11.6 Å². The summed E-state index contributed by atoms with van der Waals surface area (Å²) in [4.78, 5) is 20.7. The molecule has 12 rings (SSSR count). The molecule has 0 fully saturated rings. The Morgan fingerprint density at radius 2 is 0.619 bits per heavy atom. The van der Waals surface area contributed by atoms with Crippen LogP contribution in [0.5, 0.6) is 0 Å². The zero-order valence-electron chi connectivity index (χ0n) is 34.1. The molecule has 0 unspecified atom stereocenters. The SMILES string of the molecule is c1ccc(-c2nc(-c3cc(-c4ccc(-c5ccc(-n6c7ccccc7c7ccccc76)cc5)cc4)cc(-c4nc(-c5ccccc5)nc5ccccc45)c3)c3ccccc3n2)cc1. The van der Waals surface area contributed by atoms with Crippen LogP contribution in [-0.2, 0) is 0 Å². The van der Waals surface area contributed by atoms with Gasteiger partial charge in [-0.2, -0.15) is 0 Å². The molecule has 0 N–H and O–H groups in total. The van der Waals surface area contributed by atoms with Gasteiger partial charge in [0.05, 0.1) is 33.5 Å². The second kappa shape index (κ2) is 15.2. The molecule has 0 saturated heterocycles. The third kappa shape index (κ3) is 6.51. The molecule has 63 heavy (non-hydrogen) atoms. The first kappa shape index (κ1) is 36.3. The summed E-state index contributed by atoms with van der Waals surface area (Å²) in [6.45, 7) is 0. The van der Waals surface area contributed by atoms with Crippen molar-refractivity contribution in [2.75, 3.05) is 0 Å². The molecule has 0 radical (unpaired) electrons.